The SMILES string of the molecule is Cc1c(C)c(C)c2c(ncn2CC(C)C(=O)NCCCCCC(=O)NC(CCCN)C(=O)NCC(N)=O)c1C. The number of rotatable bonds is 16. The Hall–Kier alpha value is -3.47. The number of unbranched alkanes of at least 4 members (excludes halogenated alkanes) is 2. The van der Waals surface area contributed by atoms with E-state index in [1.54, 1.807) is 0 Å². The van der Waals surface area contributed by atoms with Gasteiger partial charge in [0, 0.05) is 19.5 Å². The third-order valence-electron chi connectivity index (χ3n) is 7.32. The topological polar surface area (TPSA) is 174 Å². The number of hydrogen-bond acceptors (Lipinski definition) is 6. The normalized spacial score (nSPS) is 12.7. The van der Waals surface area contributed by atoms with Crippen molar-refractivity contribution in [1.29, 1.82) is 0 Å². The molecule has 11 nitrogen and oxygen atoms in total. The Bertz CT molecular complexity index is 1170. The second kappa shape index (κ2) is 15.2. The van der Waals surface area contributed by atoms with Crippen LogP contribution in [0.3, 0.4) is 0 Å². The second-order valence-corrected chi connectivity index (χ2v) is 10.3. The summed E-state index contributed by atoms with van der Waals surface area (Å²) >= 11 is 0. The second-order valence-electron chi connectivity index (χ2n) is 10.3. The summed E-state index contributed by atoms with van der Waals surface area (Å²) in [6.07, 6.45) is 5.15. The van der Waals surface area contributed by atoms with Crippen LogP contribution in [0.4, 0.5) is 0 Å². The number of aromatic nitrogens is 2. The molecule has 0 radical (unpaired) electrons. The van der Waals surface area contributed by atoms with Crippen molar-refractivity contribution in [3.05, 3.63) is 28.6 Å². The maximum Gasteiger partial charge on any atom is 0.243 e. The molecule has 0 bridgehead atoms. The Morgan fingerprint density at radius 3 is 2.28 bits per heavy atom. The van der Waals surface area contributed by atoms with E-state index in [0.717, 1.165) is 23.9 Å². The van der Waals surface area contributed by atoms with E-state index in [2.05, 4.69) is 53.2 Å². The molecule has 39 heavy (non-hydrogen) atoms. The molecule has 216 valence electrons. The maximum absolute atomic E-state index is 12.7. The zero-order valence-corrected chi connectivity index (χ0v) is 24.0. The van der Waals surface area contributed by atoms with Gasteiger partial charge in [0.1, 0.15) is 6.04 Å². The van der Waals surface area contributed by atoms with E-state index < -0.39 is 17.9 Å². The Morgan fingerprint density at radius 1 is 0.923 bits per heavy atom. The minimum atomic E-state index is -0.755. The minimum Gasteiger partial charge on any atom is -0.368 e. The number of aryl methyl sites for hydroxylation is 2. The maximum atomic E-state index is 12.7. The fraction of sp³-hybridized carbons (Fsp3) is 0.607. The number of benzene rings is 1. The lowest BCUT2D eigenvalue weighted by Crippen LogP contribution is -2.48. The van der Waals surface area contributed by atoms with Gasteiger partial charge in [-0.05, 0) is 82.2 Å². The molecule has 1 aromatic heterocycles. The Labute approximate surface area is 230 Å². The van der Waals surface area contributed by atoms with Crippen molar-refractivity contribution in [2.75, 3.05) is 19.6 Å². The number of primary amides is 1. The summed E-state index contributed by atoms with van der Waals surface area (Å²) in [7, 11) is 0. The smallest absolute Gasteiger partial charge is 0.243 e. The molecule has 7 N–H and O–H groups in total. The lowest BCUT2D eigenvalue weighted by Gasteiger charge is -2.18. The first-order valence-electron chi connectivity index (χ1n) is 13.7. The standard InChI is InChI=1S/C28H45N7O4/c1-17(15-35-16-33-25-20(4)18(2)19(3)21(5)26(25)35)27(38)31-13-8-6-7-11-24(37)34-22(10-9-12-29)28(39)32-14-23(30)36/h16-17,22H,6-15,29H2,1-5H3,(H2,30,36)(H,31,38)(H,32,39)(H,34,37). The van der Waals surface area contributed by atoms with Gasteiger partial charge in [-0.25, -0.2) is 4.98 Å². The zero-order chi connectivity index (χ0) is 29.1. The van der Waals surface area contributed by atoms with Crippen molar-refractivity contribution >= 4 is 34.7 Å². The molecule has 0 aliphatic rings. The number of fused-ring (bicyclic) bond motifs is 1. The summed E-state index contributed by atoms with van der Waals surface area (Å²) < 4.78 is 2.07. The zero-order valence-electron chi connectivity index (χ0n) is 24.0. The highest BCUT2D eigenvalue weighted by atomic mass is 16.2. The molecule has 0 saturated heterocycles. The van der Waals surface area contributed by atoms with E-state index in [-0.39, 0.29) is 30.7 Å². The van der Waals surface area contributed by atoms with Crippen molar-refractivity contribution in [3.8, 4) is 0 Å². The average molecular weight is 544 g/mol. The fourth-order valence-corrected chi connectivity index (χ4v) is 4.61. The molecular formula is C28H45N7O4. The van der Waals surface area contributed by atoms with E-state index in [9.17, 15) is 19.2 Å². The third kappa shape index (κ3) is 9.05. The molecule has 0 aliphatic carbocycles. The predicted octanol–water partition coefficient (Wildman–Crippen LogP) is 1.41. The van der Waals surface area contributed by atoms with Crippen LogP contribution in [0.1, 0.15) is 67.7 Å². The molecule has 0 saturated carbocycles. The summed E-state index contributed by atoms with van der Waals surface area (Å²) in [6.45, 7) is 11.5. The van der Waals surface area contributed by atoms with E-state index in [1.165, 1.54) is 22.3 Å². The first-order valence-corrected chi connectivity index (χ1v) is 13.7. The van der Waals surface area contributed by atoms with E-state index in [1.807, 2.05) is 13.3 Å². The number of imidazole rings is 1. The molecule has 2 unspecified atom stereocenters. The Morgan fingerprint density at radius 2 is 1.62 bits per heavy atom. The van der Waals surface area contributed by atoms with Gasteiger partial charge >= 0.3 is 0 Å². The average Bonchev–Trinajstić information content (AvgIpc) is 3.32. The predicted molar refractivity (Wildman–Crippen MR) is 152 cm³/mol. The van der Waals surface area contributed by atoms with Crippen molar-refractivity contribution in [2.24, 2.45) is 17.4 Å². The molecule has 2 rings (SSSR count). The van der Waals surface area contributed by atoms with Crippen LogP contribution >= 0.6 is 0 Å². The van der Waals surface area contributed by atoms with Gasteiger partial charge in [-0.3, -0.25) is 19.2 Å². The molecule has 1 heterocycles. The van der Waals surface area contributed by atoms with Gasteiger partial charge < -0.3 is 32.0 Å². The largest absolute Gasteiger partial charge is 0.368 e. The van der Waals surface area contributed by atoms with Gasteiger partial charge in [-0.2, -0.15) is 0 Å². The van der Waals surface area contributed by atoms with Crippen molar-refractivity contribution in [3.63, 3.8) is 0 Å². The van der Waals surface area contributed by atoms with Gasteiger partial charge in [-0.1, -0.05) is 13.3 Å². The summed E-state index contributed by atoms with van der Waals surface area (Å²) in [5.74, 6) is -1.59. The Kier molecular flexibility index (Phi) is 12.4. The van der Waals surface area contributed by atoms with E-state index >= 15 is 0 Å². The molecule has 0 aliphatic heterocycles. The number of amides is 4. The molecule has 2 aromatic rings. The quantitative estimate of drug-likeness (QED) is 0.200. The van der Waals surface area contributed by atoms with Gasteiger partial charge in [0.2, 0.25) is 23.6 Å². The van der Waals surface area contributed by atoms with Crippen LogP contribution in [-0.2, 0) is 25.7 Å². The van der Waals surface area contributed by atoms with Crippen LogP contribution < -0.4 is 27.4 Å². The van der Waals surface area contributed by atoms with Gasteiger partial charge in [0.05, 0.1) is 29.8 Å². The lowest BCUT2D eigenvalue weighted by molar-refractivity contribution is -0.130. The van der Waals surface area contributed by atoms with Gasteiger partial charge in [-0.15, -0.1) is 0 Å². The Balaban J connectivity index is 1.74. The fourth-order valence-electron chi connectivity index (χ4n) is 4.61. The molecular weight excluding hydrogens is 498 g/mol. The molecule has 1 aromatic carbocycles. The van der Waals surface area contributed by atoms with Gasteiger partial charge in [0.25, 0.3) is 0 Å². The van der Waals surface area contributed by atoms with Crippen LogP contribution in [0.15, 0.2) is 6.33 Å². The molecule has 0 fully saturated rings. The molecule has 11 heteroatoms. The summed E-state index contributed by atoms with van der Waals surface area (Å²) in [6, 6.07) is -0.755. The minimum absolute atomic E-state index is 0.0162. The molecule has 4 amide bonds. The monoisotopic (exact) mass is 543 g/mol. The number of nitrogens with two attached hydrogens (primary N) is 2. The van der Waals surface area contributed by atoms with Crippen LogP contribution in [0.5, 0.6) is 0 Å². The number of nitrogens with one attached hydrogen (secondary N) is 3. The number of carbonyl (C=O) groups is 4. The highest BCUT2D eigenvalue weighted by Gasteiger charge is 2.21. The first kappa shape index (κ1) is 31.7. The van der Waals surface area contributed by atoms with Crippen LogP contribution in [0, 0.1) is 33.6 Å². The highest BCUT2D eigenvalue weighted by molar-refractivity contribution is 5.90. The van der Waals surface area contributed by atoms with Gasteiger partial charge in [0.15, 0.2) is 0 Å². The van der Waals surface area contributed by atoms with Crippen molar-refractivity contribution in [1.82, 2.24) is 25.5 Å². The number of hydrogen-bond donors (Lipinski definition) is 5. The summed E-state index contributed by atoms with van der Waals surface area (Å²) in [4.78, 5) is 52.8. The molecule has 2 atom stereocenters. The first-order chi connectivity index (χ1) is 18.5. The van der Waals surface area contributed by atoms with Crippen LogP contribution in [0.25, 0.3) is 11.0 Å². The van der Waals surface area contributed by atoms with E-state index in [4.69, 9.17) is 11.5 Å². The van der Waals surface area contributed by atoms with Crippen molar-refractivity contribution in [2.45, 2.75) is 85.7 Å². The molecule has 0 spiro atoms. The van der Waals surface area contributed by atoms with Crippen LogP contribution in [0.2, 0.25) is 0 Å². The highest BCUT2D eigenvalue weighted by Crippen LogP contribution is 2.28. The van der Waals surface area contributed by atoms with Crippen LogP contribution in [-0.4, -0.2) is 58.9 Å². The summed E-state index contributed by atoms with van der Waals surface area (Å²) in [5.41, 5.74) is 17.5. The summed E-state index contributed by atoms with van der Waals surface area (Å²) in [5, 5.41) is 8.12. The van der Waals surface area contributed by atoms with E-state index in [0.29, 0.717) is 38.9 Å². The number of nitrogens with zero attached hydrogens (tertiary/aromatic N) is 2. The number of carbonyl (C=O) groups excluding carboxylic acids is 4. The lowest BCUT2D eigenvalue weighted by atomic mass is 9.97. The third-order valence-corrected chi connectivity index (χ3v) is 7.32. The van der Waals surface area contributed by atoms with Crippen molar-refractivity contribution < 1.29 is 19.2 Å².